The molecule has 0 aliphatic rings. The van der Waals surface area contributed by atoms with Crippen LogP contribution in [0.25, 0.3) is 5.57 Å². The number of aromatic nitrogens is 2. The zero-order valence-corrected chi connectivity index (χ0v) is 10.2. The summed E-state index contributed by atoms with van der Waals surface area (Å²) >= 11 is 0. The predicted octanol–water partition coefficient (Wildman–Crippen LogP) is -1.10. The Hall–Kier alpha value is -2.15. The second kappa shape index (κ2) is 5.01. The smallest absolute Gasteiger partial charge is 0.330 e. The van der Waals surface area contributed by atoms with Crippen LogP contribution in [0.2, 0.25) is 0 Å². The van der Waals surface area contributed by atoms with Crippen molar-refractivity contribution in [1.82, 2.24) is 9.13 Å². The van der Waals surface area contributed by atoms with Gasteiger partial charge in [-0.05, 0) is 12.0 Å². The Labute approximate surface area is 103 Å². The largest absolute Gasteiger partial charge is 0.480 e. The van der Waals surface area contributed by atoms with E-state index in [4.69, 9.17) is 10.8 Å². The first kappa shape index (κ1) is 13.9. The molecule has 0 aliphatic carbocycles. The lowest BCUT2D eigenvalue weighted by Gasteiger charge is -2.11. The van der Waals surface area contributed by atoms with E-state index in [0.29, 0.717) is 5.57 Å². The van der Waals surface area contributed by atoms with Crippen molar-refractivity contribution in [2.24, 2.45) is 19.8 Å². The van der Waals surface area contributed by atoms with Crippen LogP contribution in [0, 0.1) is 0 Å². The standard InChI is InChI=1S/C11H15N3O4/c1-6(4-8(12)10(16)17)7-5-13(2)11(18)14(3)9(7)15/h5,8H,1,4,12H2,2-3H3,(H,16,17)/t8-/m1/s1. The van der Waals surface area contributed by atoms with Crippen molar-refractivity contribution in [3.05, 3.63) is 39.2 Å². The fourth-order valence-electron chi connectivity index (χ4n) is 1.51. The minimum absolute atomic E-state index is 0.0528. The average molecular weight is 253 g/mol. The average Bonchev–Trinajstić information content (AvgIpc) is 2.30. The maximum atomic E-state index is 11.8. The Morgan fingerprint density at radius 1 is 1.50 bits per heavy atom. The van der Waals surface area contributed by atoms with Crippen LogP contribution in [-0.4, -0.2) is 26.3 Å². The molecule has 0 radical (unpaired) electrons. The van der Waals surface area contributed by atoms with Gasteiger partial charge in [0.2, 0.25) is 0 Å². The van der Waals surface area contributed by atoms with Gasteiger partial charge in [-0.1, -0.05) is 6.58 Å². The summed E-state index contributed by atoms with van der Waals surface area (Å²) in [5.41, 5.74) is 4.88. The van der Waals surface area contributed by atoms with Gasteiger partial charge in [-0.3, -0.25) is 14.2 Å². The maximum Gasteiger partial charge on any atom is 0.330 e. The van der Waals surface area contributed by atoms with Crippen molar-refractivity contribution in [3.8, 4) is 0 Å². The Kier molecular flexibility index (Phi) is 3.87. The molecule has 7 heteroatoms. The lowest BCUT2D eigenvalue weighted by atomic mass is 10.0. The van der Waals surface area contributed by atoms with E-state index in [2.05, 4.69) is 6.58 Å². The molecule has 18 heavy (non-hydrogen) atoms. The molecule has 3 N–H and O–H groups in total. The summed E-state index contributed by atoms with van der Waals surface area (Å²) in [5.74, 6) is -1.17. The molecule has 1 aromatic heterocycles. The third-order valence-electron chi connectivity index (χ3n) is 2.61. The summed E-state index contributed by atoms with van der Waals surface area (Å²) in [6.07, 6.45) is 1.28. The summed E-state index contributed by atoms with van der Waals surface area (Å²) in [5, 5.41) is 8.70. The van der Waals surface area contributed by atoms with Crippen molar-refractivity contribution in [2.75, 3.05) is 0 Å². The summed E-state index contributed by atoms with van der Waals surface area (Å²) in [6.45, 7) is 3.65. The second-order valence-electron chi connectivity index (χ2n) is 4.05. The fraction of sp³-hybridized carbons (Fsp3) is 0.364. The monoisotopic (exact) mass is 253 g/mol. The van der Waals surface area contributed by atoms with Crippen molar-refractivity contribution < 1.29 is 9.90 Å². The minimum atomic E-state index is -1.17. The molecule has 1 rings (SSSR count). The van der Waals surface area contributed by atoms with Gasteiger partial charge in [0.25, 0.3) is 5.56 Å². The first-order chi connectivity index (χ1) is 8.25. The molecule has 0 amide bonds. The van der Waals surface area contributed by atoms with Crippen molar-refractivity contribution in [1.29, 1.82) is 0 Å². The summed E-state index contributed by atoms with van der Waals surface area (Å²) < 4.78 is 2.17. The molecule has 0 unspecified atom stereocenters. The zero-order valence-electron chi connectivity index (χ0n) is 10.2. The van der Waals surface area contributed by atoms with E-state index in [9.17, 15) is 14.4 Å². The SMILES string of the molecule is C=C(C[C@@H](N)C(=O)O)c1cn(C)c(=O)n(C)c1=O. The number of carbonyl (C=O) groups is 1. The number of carboxylic acid groups (broad SMARTS) is 1. The van der Waals surface area contributed by atoms with Gasteiger partial charge in [-0.25, -0.2) is 4.79 Å². The normalized spacial score (nSPS) is 12.2. The predicted molar refractivity (Wildman–Crippen MR) is 66.2 cm³/mol. The van der Waals surface area contributed by atoms with Crippen LogP contribution in [0.1, 0.15) is 12.0 Å². The maximum absolute atomic E-state index is 11.8. The van der Waals surface area contributed by atoms with Crippen LogP contribution in [-0.2, 0) is 18.9 Å². The minimum Gasteiger partial charge on any atom is -0.480 e. The lowest BCUT2D eigenvalue weighted by Crippen LogP contribution is -2.38. The van der Waals surface area contributed by atoms with Gasteiger partial charge in [0, 0.05) is 20.3 Å². The number of aliphatic carboxylic acids is 1. The summed E-state index contributed by atoms with van der Waals surface area (Å²) in [4.78, 5) is 33.9. The Morgan fingerprint density at radius 3 is 2.56 bits per heavy atom. The van der Waals surface area contributed by atoms with Crippen LogP contribution < -0.4 is 17.0 Å². The summed E-state index contributed by atoms with van der Waals surface area (Å²) in [6, 6.07) is -1.13. The molecule has 0 aliphatic heterocycles. The van der Waals surface area contributed by atoms with Crippen LogP contribution in [0.4, 0.5) is 0 Å². The number of nitrogens with zero attached hydrogens (tertiary/aromatic N) is 2. The molecular weight excluding hydrogens is 238 g/mol. The molecule has 0 aromatic carbocycles. The number of hydrogen-bond acceptors (Lipinski definition) is 4. The molecule has 0 saturated heterocycles. The molecule has 98 valence electrons. The highest BCUT2D eigenvalue weighted by molar-refractivity contribution is 5.77. The fourth-order valence-corrected chi connectivity index (χ4v) is 1.51. The number of nitrogens with two attached hydrogens (primary N) is 1. The molecule has 7 nitrogen and oxygen atoms in total. The molecule has 0 fully saturated rings. The highest BCUT2D eigenvalue weighted by atomic mass is 16.4. The van der Waals surface area contributed by atoms with Gasteiger partial charge >= 0.3 is 11.7 Å². The van der Waals surface area contributed by atoms with Crippen LogP contribution in [0.3, 0.4) is 0 Å². The highest BCUT2D eigenvalue weighted by Gasteiger charge is 2.16. The first-order valence-corrected chi connectivity index (χ1v) is 5.19. The van der Waals surface area contributed by atoms with E-state index in [1.165, 1.54) is 24.9 Å². The third kappa shape index (κ3) is 2.57. The van der Waals surface area contributed by atoms with Crippen LogP contribution in [0.15, 0.2) is 22.4 Å². The van der Waals surface area contributed by atoms with Gasteiger partial charge in [-0.2, -0.15) is 0 Å². The molecule has 1 aromatic rings. The van der Waals surface area contributed by atoms with E-state index in [1.54, 1.807) is 0 Å². The summed E-state index contributed by atoms with van der Waals surface area (Å²) in [7, 11) is 2.84. The Morgan fingerprint density at radius 2 is 2.06 bits per heavy atom. The van der Waals surface area contributed by atoms with Gasteiger partial charge in [0.1, 0.15) is 6.04 Å². The van der Waals surface area contributed by atoms with Crippen molar-refractivity contribution >= 4 is 11.5 Å². The van der Waals surface area contributed by atoms with E-state index in [1.807, 2.05) is 0 Å². The molecule has 1 atom stereocenters. The van der Waals surface area contributed by atoms with Crippen LogP contribution in [0.5, 0.6) is 0 Å². The first-order valence-electron chi connectivity index (χ1n) is 5.19. The van der Waals surface area contributed by atoms with Gasteiger partial charge in [0.15, 0.2) is 0 Å². The quantitative estimate of drug-likeness (QED) is 0.708. The second-order valence-corrected chi connectivity index (χ2v) is 4.05. The molecule has 0 spiro atoms. The molecular formula is C11H15N3O4. The lowest BCUT2D eigenvalue weighted by molar-refractivity contribution is -0.138. The molecule has 0 saturated carbocycles. The highest BCUT2D eigenvalue weighted by Crippen LogP contribution is 2.12. The molecule has 1 heterocycles. The number of carboxylic acids is 1. The Balaban J connectivity index is 3.20. The van der Waals surface area contributed by atoms with Gasteiger partial charge in [-0.15, -0.1) is 0 Å². The molecule has 0 bridgehead atoms. The number of aryl methyl sites for hydroxylation is 1. The van der Waals surface area contributed by atoms with Crippen molar-refractivity contribution in [3.63, 3.8) is 0 Å². The third-order valence-corrected chi connectivity index (χ3v) is 2.61. The number of hydrogen-bond donors (Lipinski definition) is 2. The van der Waals surface area contributed by atoms with Gasteiger partial charge in [0.05, 0.1) is 5.56 Å². The topological polar surface area (TPSA) is 107 Å². The van der Waals surface area contributed by atoms with E-state index in [-0.39, 0.29) is 12.0 Å². The zero-order chi connectivity index (χ0) is 14.0. The van der Waals surface area contributed by atoms with Gasteiger partial charge < -0.3 is 15.4 Å². The van der Waals surface area contributed by atoms with E-state index in [0.717, 1.165) is 4.57 Å². The number of rotatable bonds is 4. The van der Waals surface area contributed by atoms with Crippen LogP contribution >= 0.6 is 0 Å². The van der Waals surface area contributed by atoms with E-state index >= 15 is 0 Å². The van der Waals surface area contributed by atoms with E-state index < -0.39 is 23.3 Å². The van der Waals surface area contributed by atoms with Crippen molar-refractivity contribution in [2.45, 2.75) is 12.5 Å². The Bertz CT molecular complexity index is 612.